The van der Waals surface area contributed by atoms with Crippen LogP contribution in [0.15, 0.2) is 18.3 Å². The molecule has 6 heteroatoms. The van der Waals surface area contributed by atoms with Gasteiger partial charge in [-0.15, -0.1) is 0 Å². The first-order valence-corrected chi connectivity index (χ1v) is 7.14. The van der Waals surface area contributed by atoms with E-state index in [1.807, 2.05) is 0 Å². The van der Waals surface area contributed by atoms with Crippen molar-refractivity contribution in [2.24, 2.45) is 17.8 Å². The number of hydrogen-bond donors (Lipinski definition) is 2. The minimum absolute atomic E-state index is 0.189. The topological polar surface area (TPSA) is 88.5 Å². The molecular formula is C15H18N2O4. The van der Waals surface area contributed by atoms with Gasteiger partial charge in [-0.3, -0.25) is 9.59 Å². The molecule has 2 N–H and O–H groups in total. The molecule has 4 unspecified atom stereocenters. The van der Waals surface area contributed by atoms with Crippen LogP contribution in [0, 0.1) is 17.8 Å². The lowest BCUT2D eigenvalue weighted by Gasteiger charge is -2.28. The van der Waals surface area contributed by atoms with Crippen LogP contribution in [0.2, 0.25) is 0 Å². The molecule has 1 amide bonds. The molecule has 3 rings (SSSR count). The van der Waals surface area contributed by atoms with Crippen LogP contribution in [0.5, 0.6) is 5.88 Å². The molecule has 0 aliphatic heterocycles. The number of rotatable bonds is 4. The fraction of sp³-hybridized carbons (Fsp3) is 0.533. The van der Waals surface area contributed by atoms with Gasteiger partial charge in [0.2, 0.25) is 5.88 Å². The summed E-state index contributed by atoms with van der Waals surface area (Å²) in [6.45, 7) is 0. The average Bonchev–Trinajstić information content (AvgIpc) is 3.08. The number of carboxylic acid groups (broad SMARTS) is 1. The fourth-order valence-corrected chi connectivity index (χ4v) is 3.81. The number of methoxy groups -OCH3 is 1. The molecule has 2 fully saturated rings. The summed E-state index contributed by atoms with van der Waals surface area (Å²) in [4.78, 5) is 27.9. The van der Waals surface area contributed by atoms with E-state index in [9.17, 15) is 14.7 Å². The first-order chi connectivity index (χ1) is 10.1. The fourth-order valence-electron chi connectivity index (χ4n) is 3.81. The standard InChI is InChI=1S/C15H18N2O4/c1-21-14-10(3-2-6-16-14)13(18)17-12-9-5-4-8(7-9)11(12)15(19)20/h2-3,6,8-9,11-12H,4-5,7H2,1H3,(H,17,18)(H,19,20). The van der Waals surface area contributed by atoms with Crippen LogP contribution in [-0.2, 0) is 4.79 Å². The second kappa shape index (κ2) is 5.35. The zero-order valence-electron chi connectivity index (χ0n) is 11.8. The summed E-state index contributed by atoms with van der Waals surface area (Å²) in [6.07, 6.45) is 4.38. The van der Waals surface area contributed by atoms with Crippen molar-refractivity contribution in [3.63, 3.8) is 0 Å². The Morgan fingerprint density at radius 2 is 2.14 bits per heavy atom. The molecule has 2 aliphatic rings. The molecule has 1 aromatic rings. The smallest absolute Gasteiger partial charge is 0.308 e. The Hall–Kier alpha value is -2.11. The van der Waals surface area contributed by atoms with Crippen LogP contribution in [0.3, 0.4) is 0 Å². The number of ether oxygens (including phenoxy) is 1. The number of nitrogens with zero attached hydrogens (tertiary/aromatic N) is 1. The number of carbonyl (C=O) groups is 2. The highest BCUT2D eigenvalue weighted by molar-refractivity contribution is 5.96. The third kappa shape index (κ3) is 2.34. The van der Waals surface area contributed by atoms with Crippen LogP contribution in [-0.4, -0.2) is 35.1 Å². The van der Waals surface area contributed by atoms with Crippen LogP contribution in [0.25, 0.3) is 0 Å². The van der Waals surface area contributed by atoms with Crippen molar-refractivity contribution in [2.75, 3.05) is 7.11 Å². The van der Waals surface area contributed by atoms with Crippen molar-refractivity contribution in [1.82, 2.24) is 10.3 Å². The van der Waals surface area contributed by atoms with Gasteiger partial charge in [-0.1, -0.05) is 0 Å². The Balaban J connectivity index is 1.79. The largest absolute Gasteiger partial charge is 0.481 e. The van der Waals surface area contributed by atoms with E-state index in [0.717, 1.165) is 19.3 Å². The van der Waals surface area contributed by atoms with E-state index in [1.54, 1.807) is 18.3 Å². The number of pyridine rings is 1. The monoisotopic (exact) mass is 290 g/mol. The maximum Gasteiger partial charge on any atom is 0.308 e. The van der Waals surface area contributed by atoms with Gasteiger partial charge < -0.3 is 15.2 Å². The highest BCUT2D eigenvalue weighted by atomic mass is 16.5. The minimum atomic E-state index is -0.814. The lowest BCUT2D eigenvalue weighted by Crippen LogP contribution is -2.46. The summed E-state index contributed by atoms with van der Waals surface area (Å²) in [5.74, 6) is -0.897. The van der Waals surface area contributed by atoms with E-state index < -0.39 is 11.9 Å². The lowest BCUT2D eigenvalue weighted by atomic mass is 9.84. The third-order valence-electron chi connectivity index (χ3n) is 4.71. The maximum atomic E-state index is 12.4. The maximum absolute atomic E-state index is 12.4. The number of aromatic nitrogens is 1. The van der Waals surface area contributed by atoms with Gasteiger partial charge in [-0.05, 0) is 43.2 Å². The van der Waals surface area contributed by atoms with Crippen LogP contribution in [0.1, 0.15) is 29.6 Å². The quantitative estimate of drug-likeness (QED) is 0.873. The Labute approximate surface area is 122 Å². The van der Waals surface area contributed by atoms with Gasteiger partial charge in [0, 0.05) is 12.2 Å². The van der Waals surface area contributed by atoms with Gasteiger partial charge in [-0.25, -0.2) is 4.98 Å². The van der Waals surface area contributed by atoms with E-state index in [2.05, 4.69) is 10.3 Å². The zero-order chi connectivity index (χ0) is 15.0. The Bertz CT molecular complexity index is 575. The number of aliphatic carboxylic acids is 1. The van der Waals surface area contributed by atoms with Gasteiger partial charge in [-0.2, -0.15) is 0 Å². The van der Waals surface area contributed by atoms with Gasteiger partial charge >= 0.3 is 5.97 Å². The summed E-state index contributed by atoms with van der Waals surface area (Å²) < 4.78 is 5.08. The summed E-state index contributed by atoms with van der Waals surface area (Å²) in [6, 6.07) is 3.00. The highest BCUT2D eigenvalue weighted by Gasteiger charge is 2.51. The molecule has 2 saturated carbocycles. The highest BCUT2D eigenvalue weighted by Crippen LogP contribution is 2.48. The van der Waals surface area contributed by atoms with E-state index in [4.69, 9.17) is 4.74 Å². The van der Waals surface area contributed by atoms with Crippen molar-refractivity contribution in [1.29, 1.82) is 0 Å². The molecule has 6 nitrogen and oxygen atoms in total. The second-order valence-corrected chi connectivity index (χ2v) is 5.76. The predicted molar refractivity (Wildman–Crippen MR) is 74.0 cm³/mol. The molecule has 0 spiro atoms. The number of fused-ring (bicyclic) bond motifs is 2. The number of hydrogen-bond acceptors (Lipinski definition) is 4. The van der Waals surface area contributed by atoms with Gasteiger partial charge in [0.15, 0.2) is 0 Å². The third-order valence-corrected chi connectivity index (χ3v) is 4.71. The predicted octanol–water partition coefficient (Wildman–Crippen LogP) is 1.32. The van der Waals surface area contributed by atoms with E-state index in [1.165, 1.54) is 7.11 Å². The Morgan fingerprint density at radius 1 is 1.38 bits per heavy atom. The van der Waals surface area contributed by atoms with E-state index in [-0.39, 0.29) is 29.7 Å². The molecule has 0 saturated heterocycles. The zero-order valence-corrected chi connectivity index (χ0v) is 11.8. The minimum Gasteiger partial charge on any atom is -0.481 e. The molecule has 2 bridgehead atoms. The van der Waals surface area contributed by atoms with Crippen molar-refractivity contribution in [3.8, 4) is 5.88 Å². The van der Waals surface area contributed by atoms with E-state index >= 15 is 0 Å². The molecule has 112 valence electrons. The Morgan fingerprint density at radius 3 is 2.86 bits per heavy atom. The first kappa shape index (κ1) is 13.9. The van der Waals surface area contributed by atoms with Gasteiger partial charge in [0.05, 0.1) is 13.0 Å². The molecule has 1 heterocycles. The van der Waals surface area contributed by atoms with Gasteiger partial charge in [0.1, 0.15) is 5.56 Å². The van der Waals surface area contributed by atoms with Crippen LogP contribution in [0.4, 0.5) is 0 Å². The summed E-state index contributed by atoms with van der Waals surface area (Å²) >= 11 is 0. The molecule has 0 aromatic carbocycles. The van der Waals surface area contributed by atoms with Crippen molar-refractivity contribution in [2.45, 2.75) is 25.3 Å². The first-order valence-electron chi connectivity index (χ1n) is 7.14. The summed E-state index contributed by atoms with van der Waals surface area (Å²) in [5, 5.41) is 12.3. The average molecular weight is 290 g/mol. The molecule has 21 heavy (non-hydrogen) atoms. The molecule has 4 atom stereocenters. The van der Waals surface area contributed by atoms with E-state index in [0.29, 0.717) is 5.56 Å². The molecule has 2 aliphatic carbocycles. The normalized spacial score (nSPS) is 30.1. The second-order valence-electron chi connectivity index (χ2n) is 5.76. The summed E-state index contributed by atoms with van der Waals surface area (Å²) in [7, 11) is 1.46. The number of carbonyl (C=O) groups excluding carboxylic acids is 1. The number of nitrogens with one attached hydrogen (secondary N) is 1. The van der Waals surface area contributed by atoms with Crippen LogP contribution < -0.4 is 10.1 Å². The Kier molecular flexibility index (Phi) is 3.53. The van der Waals surface area contributed by atoms with Crippen molar-refractivity contribution < 1.29 is 19.4 Å². The van der Waals surface area contributed by atoms with Crippen LogP contribution >= 0.6 is 0 Å². The van der Waals surface area contributed by atoms with Gasteiger partial charge in [0.25, 0.3) is 5.91 Å². The van der Waals surface area contributed by atoms with Crippen molar-refractivity contribution in [3.05, 3.63) is 23.9 Å². The lowest BCUT2D eigenvalue weighted by molar-refractivity contribution is -0.144. The molecule has 1 aromatic heterocycles. The number of carboxylic acids is 1. The molecular weight excluding hydrogens is 272 g/mol. The summed E-state index contributed by atoms with van der Waals surface area (Å²) in [5.41, 5.74) is 0.340. The molecule has 0 radical (unpaired) electrons. The SMILES string of the molecule is COc1ncccc1C(=O)NC1C2CCC(C2)C1C(=O)O. The van der Waals surface area contributed by atoms with Crippen molar-refractivity contribution >= 4 is 11.9 Å². The number of amides is 1.